The maximum atomic E-state index is 11.8. The number of amides is 1. The highest BCUT2D eigenvalue weighted by molar-refractivity contribution is 6.31. The van der Waals surface area contributed by atoms with E-state index < -0.39 is 0 Å². The van der Waals surface area contributed by atoms with Crippen LogP contribution in [0.4, 0.5) is 5.69 Å². The van der Waals surface area contributed by atoms with Crippen LogP contribution in [0.15, 0.2) is 24.3 Å². The third kappa shape index (κ3) is 4.58. The fourth-order valence-electron chi connectivity index (χ4n) is 1.94. The van der Waals surface area contributed by atoms with E-state index in [0.29, 0.717) is 24.5 Å². The van der Waals surface area contributed by atoms with Crippen LogP contribution in [0.25, 0.3) is 0 Å². The molecule has 0 aliphatic heterocycles. The average Bonchev–Trinajstić information content (AvgIpc) is 2.75. The molecule has 2 rings (SSSR count). The molecule has 3 N–H and O–H groups in total. The number of aromatic nitrogens is 2. The van der Waals surface area contributed by atoms with Gasteiger partial charge in [0.25, 0.3) is 0 Å². The van der Waals surface area contributed by atoms with Crippen molar-refractivity contribution < 1.29 is 4.79 Å². The molecular formula is C15H19ClN4O. The summed E-state index contributed by atoms with van der Waals surface area (Å²) in [5, 5.41) is 13.6. The molecule has 5 nitrogen and oxygen atoms in total. The quantitative estimate of drug-likeness (QED) is 0.719. The molecule has 2 aromatic rings. The third-order valence-electron chi connectivity index (χ3n) is 3.06. The van der Waals surface area contributed by atoms with Crippen molar-refractivity contribution in [1.29, 1.82) is 0 Å². The molecule has 6 heteroatoms. The first-order valence-electron chi connectivity index (χ1n) is 6.83. The Kier molecular flexibility index (Phi) is 5.36. The first-order valence-corrected chi connectivity index (χ1v) is 7.20. The molecule has 0 aliphatic rings. The molecule has 1 aromatic heterocycles. The second-order valence-electron chi connectivity index (χ2n) is 4.95. The van der Waals surface area contributed by atoms with Gasteiger partial charge < -0.3 is 10.6 Å². The molecule has 1 amide bonds. The predicted molar refractivity (Wildman–Crippen MR) is 84.5 cm³/mol. The van der Waals surface area contributed by atoms with Gasteiger partial charge in [-0.2, -0.15) is 5.10 Å². The molecule has 0 bridgehead atoms. The highest BCUT2D eigenvalue weighted by atomic mass is 35.5. The smallest absolute Gasteiger partial charge is 0.225 e. The lowest BCUT2D eigenvalue weighted by molar-refractivity contribution is -0.116. The summed E-state index contributed by atoms with van der Waals surface area (Å²) in [6.45, 7) is 4.97. The summed E-state index contributed by atoms with van der Waals surface area (Å²) in [6, 6.07) is 7.74. The van der Waals surface area contributed by atoms with Gasteiger partial charge in [0.2, 0.25) is 5.91 Å². The van der Waals surface area contributed by atoms with E-state index in [0.717, 1.165) is 22.6 Å². The summed E-state index contributed by atoms with van der Waals surface area (Å²) >= 11 is 6.06. The van der Waals surface area contributed by atoms with Gasteiger partial charge in [0.1, 0.15) is 0 Å². The maximum absolute atomic E-state index is 11.8. The van der Waals surface area contributed by atoms with E-state index in [1.54, 1.807) is 0 Å². The summed E-state index contributed by atoms with van der Waals surface area (Å²) < 4.78 is 0. The number of aryl methyl sites for hydroxylation is 2. The maximum Gasteiger partial charge on any atom is 0.225 e. The second-order valence-corrected chi connectivity index (χ2v) is 5.33. The van der Waals surface area contributed by atoms with Gasteiger partial charge in [-0.1, -0.05) is 23.7 Å². The zero-order valence-electron chi connectivity index (χ0n) is 12.2. The number of anilines is 1. The minimum absolute atomic E-state index is 0.0163. The van der Waals surface area contributed by atoms with Crippen molar-refractivity contribution in [3.8, 4) is 0 Å². The Labute approximate surface area is 129 Å². The summed E-state index contributed by atoms with van der Waals surface area (Å²) in [5.41, 5.74) is 3.57. The molecule has 1 aromatic carbocycles. The largest absolute Gasteiger partial charge is 0.326 e. The normalized spacial score (nSPS) is 10.6. The van der Waals surface area contributed by atoms with Crippen molar-refractivity contribution in [2.75, 3.05) is 11.9 Å². The summed E-state index contributed by atoms with van der Waals surface area (Å²) in [6.07, 6.45) is 0.398. The van der Waals surface area contributed by atoms with E-state index in [1.165, 1.54) is 0 Å². The number of benzene rings is 1. The molecule has 21 heavy (non-hydrogen) atoms. The lowest BCUT2D eigenvalue weighted by atomic mass is 10.2. The van der Waals surface area contributed by atoms with Gasteiger partial charge in [0, 0.05) is 25.2 Å². The number of carbonyl (C=O) groups excluding carboxylic acids is 1. The zero-order valence-corrected chi connectivity index (χ0v) is 12.9. The molecule has 0 atom stereocenters. The van der Waals surface area contributed by atoms with E-state index >= 15 is 0 Å². The van der Waals surface area contributed by atoms with Gasteiger partial charge >= 0.3 is 0 Å². The van der Waals surface area contributed by atoms with E-state index in [-0.39, 0.29) is 5.91 Å². The fourth-order valence-corrected chi connectivity index (χ4v) is 2.09. The molecule has 1 heterocycles. The van der Waals surface area contributed by atoms with Crippen LogP contribution in [0.5, 0.6) is 0 Å². The van der Waals surface area contributed by atoms with Crippen LogP contribution in [-0.2, 0) is 11.3 Å². The number of rotatable bonds is 6. The Bertz CT molecular complexity index is 624. The third-order valence-corrected chi connectivity index (χ3v) is 3.57. The molecular weight excluding hydrogens is 288 g/mol. The van der Waals surface area contributed by atoms with Crippen LogP contribution in [0.3, 0.4) is 0 Å². The lowest BCUT2D eigenvalue weighted by Gasteiger charge is -2.06. The van der Waals surface area contributed by atoms with Gasteiger partial charge in [0.15, 0.2) is 0 Å². The minimum Gasteiger partial charge on any atom is -0.326 e. The molecule has 0 saturated heterocycles. The van der Waals surface area contributed by atoms with Crippen molar-refractivity contribution in [2.24, 2.45) is 0 Å². The van der Waals surface area contributed by atoms with Crippen molar-refractivity contribution >= 4 is 23.2 Å². The van der Waals surface area contributed by atoms with E-state index in [2.05, 4.69) is 20.8 Å². The summed E-state index contributed by atoms with van der Waals surface area (Å²) in [7, 11) is 0. The molecule has 112 valence electrons. The van der Waals surface area contributed by atoms with Crippen molar-refractivity contribution in [1.82, 2.24) is 15.5 Å². The molecule has 0 unspecified atom stereocenters. The zero-order chi connectivity index (χ0) is 15.2. The van der Waals surface area contributed by atoms with Crippen LogP contribution in [0.2, 0.25) is 5.02 Å². The van der Waals surface area contributed by atoms with Gasteiger partial charge in [-0.25, -0.2) is 0 Å². The van der Waals surface area contributed by atoms with E-state index in [4.69, 9.17) is 11.6 Å². The minimum atomic E-state index is -0.0163. The molecule has 0 saturated carbocycles. The van der Waals surface area contributed by atoms with Crippen LogP contribution >= 0.6 is 11.6 Å². The number of hydrogen-bond acceptors (Lipinski definition) is 3. The summed E-state index contributed by atoms with van der Waals surface area (Å²) in [4.78, 5) is 11.8. The average molecular weight is 307 g/mol. The Morgan fingerprint density at radius 1 is 1.38 bits per heavy atom. The number of H-pyrrole nitrogens is 1. The number of carbonyl (C=O) groups is 1. The van der Waals surface area contributed by atoms with Crippen molar-refractivity contribution in [2.45, 2.75) is 26.8 Å². The predicted octanol–water partition coefficient (Wildman–Crippen LogP) is 2.80. The Hall–Kier alpha value is -1.85. The van der Waals surface area contributed by atoms with E-state index in [9.17, 15) is 4.79 Å². The van der Waals surface area contributed by atoms with Gasteiger partial charge in [-0.3, -0.25) is 9.89 Å². The van der Waals surface area contributed by atoms with E-state index in [1.807, 2.05) is 38.1 Å². The fraction of sp³-hybridized carbons (Fsp3) is 0.333. The number of halogens is 1. The van der Waals surface area contributed by atoms with Crippen LogP contribution in [0, 0.1) is 13.8 Å². The van der Waals surface area contributed by atoms with Crippen LogP contribution in [0.1, 0.15) is 23.4 Å². The number of aromatic amines is 1. The van der Waals surface area contributed by atoms with Crippen molar-refractivity contribution in [3.05, 3.63) is 46.2 Å². The molecule has 0 aliphatic carbocycles. The van der Waals surface area contributed by atoms with Gasteiger partial charge in [0.05, 0.1) is 16.4 Å². The van der Waals surface area contributed by atoms with Crippen LogP contribution in [-0.4, -0.2) is 22.6 Å². The number of nitrogens with one attached hydrogen (secondary N) is 3. The van der Waals surface area contributed by atoms with Gasteiger partial charge in [-0.05, 0) is 31.5 Å². The topological polar surface area (TPSA) is 69.8 Å². The van der Waals surface area contributed by atoms with Gasteiger partial charge in [-0.15, -0.1) is 0 Å². The first-order chi connectivity index (χ1) is 10.1. The molecule has 0 spiro atoms. The monoisotopic (exact) mass is 306 g/mol. The first kappa shape index (κ1) is 15.5. The van der Waals surface area contributed by atoms with Crippen molar-refractivity contribution in [3.63, 3.8) is 0 Å². The highest BCUT2D eigenvalue weighted by Gasteiger charge is 2.07. The lowest BCUT2D eigenvalue weighted by Crippen LogP contribution is -2.21. The Morgan fingerprint density at radius 3 is 2.86 bits per heavy atom. The summed E-state index contributed by atoms with van der Waals surface area (Å²) in [5.74, 6) is -0.0163. The Balaban J connectivity index is 1.71. The molecule has 0 radical (unpaired) electrons. The molecule has 0 fully saturated rings. The highest BCUT2D eigenvalue weighted by Crippen LogP contribution is 2.16. The SMILES string of the molecule is Cc1cccc(NC(=O)CCNCc2n[nH]c(C)c2Cl)c1. The second kappa shape index (κ2) is 7.24. The number of nitrogens with zero attached hydrogens (tertiary/aromatic N) is 1. The standard InChI is InChI=1S/C15H19ClN4O/c1-10-4-3-5-12(8-10)18-14(21)6-7-17-9-13-15(16)11(2)19-20-13/h3-5,8,17H,6-7,9H2,1-2H3,(H,18,21)(H,19,20). The Morgan fingerprint density at radius 2 is 2.19 bits per heavy atom. The number of hydrogen-bond donors (Lipinski definition) is 3. The van der Waals surface area contributed by atoms with Crippen LogP contribution < -0.4 is 10.6 Å².